The Bertz CT molecular complexity index is 904. The summed E-state index contributed by atoms with van der Waals surface area (Å²) in [6.45, 7) is 7.37. The van der Waals surface area contributed by atoms with Crippen molar-refractivity contribution in [3.8, 4) is 0 Å². The molecule has 2 aliphatic heterocycles. The van der Waals surface area contributed by atoms with Crippen molar-refractivity contribution < 1.29 is 9.59 Å². The third-order valence-corrected chi connectivity index (χ3v) is 8.12. The summed E-state index contributed by atoms with van der Waals surface area (Å²) in [4.78, 5) is 35.4. The van der Waals surface area contributed by atoms with Gasteiger partial charge in [-0.15, -0.1) is 23.1 Å². The predicted octanol–water partition coefficient (Wildman–Crippen LogP) is 4.85. The van der Waals surface area contributed by atoms with E-state index < -0.39 is 0 Å². The number of hydrogen-bond donors (Lipinski definition) is 0. The fourth-order valence-electron chi connectivity index (χ4n) is 4.49. The molecule has 1 unspecified atom stereocenters. The largest absolute Gasteiger partial charge is 0.342 e. The summed E-state index contributed by atoms with van der Waals surface area (Å²) in [5.74, 6) is 1.89. The summed E-state index contributed by atoms with van der Waals surface area (Å²) in [6, 6.07) is 7.88. The van der Waals surface area contributed by atoms with Gasteiger partial charge in [0, 0.05) is 53.7 Å². The Morgan fingerprint density at radius 3 is 2.48 bits per heavy atom. The summed E-state index contributed by atoms with van der Waals surface area (Å²) in [7, 11) is 0. The number of thioether (sulfide) groups is 1. The maximum absolute atomic E-state index is 12.9. The van der Waals surface area contributed by atoms with Gasteiger partial charge in [0.2, 0.25) is 5.91 Å². The van der Waals surface area contributed by atoms with Crippen LogP contribution in [-0.4, -0.2) is 52.8 Å². The van der Waals surface area contributed by atoms with Gasteiger partial charge in [-0.1, -0.05) is 6.92 Å². The monoisotopic (exact) mass is 457 g/mol. The van der Waals surface area contributed by atoms with Gasteiger partial charge in [0.25, 0.3) is 5.91 Å². The van der Waals surface area contributed by atoms with Crippen LogP contribution in [0.25, 0.3) is 0 Å². The highest BCUT2D eigenvalue weighted by atomic mass is 32.2. The molecule has 2 fully saturated rings. The number of rotatable bonds is 5. The molecule has 3 heterocycles. The minimum absolute atomic E-state index is 0.0717. The van der Waals surface area contributed by atoms with Crippen molar-refractivity contribution in [3.63, 3.8) is 0 Å². The topological polar surface area (TPSA) is 53.5 Å². The summed E-state index contributed by atoms with van der Waals surface area (Å²) in [6.07, 6.45) is 3.88. The van der Waals surface area contributed by atoms with Crippen LogP contribution in [-0.2, 0) is 10.5 Å². The van der Waals surface area contributed by atoms with Gasteiger partial charge in [-0.25, -0.2) is 4.98 Å². The van der Waals surface area contributed by atoms with Gasteiger partial charge in [-0.3, -0.25) is 9.59 Å². The van der Waals surface area contributed by atoms with E-state index in [0.29, 0.717) is 24.9 Å². The van der Waals surface area contributed by atoms with Crippen molar-refractivity contribution in [1.29, 1.82) is 0 Å². The number of nitrogens with zero attached hydrogens (tertiary/aromatic N) is 3. The van der Waals surface area contributed by atoms with Gasteiger partial charge in [0.05, 0.1) is 10.7 Å². The van der Waals surface area contributed by atoms with E-state index in [4.69, 9.17) is 0 Å². The van der Waals surface area contributed by atoms with Crippen molar-refractivity contribution in [2.24, 2.45) is 11.8 Å². The van der Waals surface area contributed by atoms with Crippen LogP contribution in [0.4, 0.5) is 0 Å². The maximum atomic E-state index is 12.9. The van der Waals surface area contributed by atoms with E-state index in [-0.39, 0.29) is 11.8 Å². The Kier molecular flexibility index (Phi) is 7.33. The Hall–Kier alpha value is -1.86. The van der Waals surface area contributed by atoms with Crippen molar-refractivity contribution in [1.82, 2.24) is 14.8 Å². The quantitative estimate of drug-likeness (QED) is 0.602. The molecule has 1 atom stereocenters. The summed E-state index contributed by atoms with van der Waals surface area (Å²) in [5, 5.41) is 3.19. The lowest BCUT2D eigenvalue weighted by atomic mass is 9.92. The van der Waals surface area contributed by atoms with Crippen molar-refractivity contribution >= 4 is 34.9 Å². The number of carbonyl (C=O) groups excluding carboxylic acids is 2. The summed E-state index contributed by atoms with van der Waals surface area (Å²) >= 11 is 3.41. The van der Waals surface area contributed by atoms with Gasteiger partial charge in [-0.05, 0) is 62.8 Å². The Labute approximate surface area is 193 Å². The first-order chi connectivity index (χ1) is 15.0. The molecule has 0 saturated carbocycles. The molecule has 0 spiro atoms. The number of thiazole rings is 1. The molecule has 5 nitrogen and oxygen atoms in total. The minimum atomic E-state index is 0.0717. The van der Waals surface area contributed by atoms with Crippen LogP contribution in [0, 0.1) is 18.8 Å². The standard InChI is InChI=1S/C24H31N3O2S2/c1-17-4-3-11-27(14-17)24(29)20-9-12-26(13-10-20)23(28)19-5-7-22(8-6-19)31-16-21-15-30-18(2)25-21/h5-8,15,17,20H,3-4,9-14,16H2,1-2H3. The van der Waals surface area contributed by atoms with Crippen LogP contribution in [0.1, 0.15) is 53.7 Å². The lowest BCUT2D eigenvalue weighted by Gasteiger charge is -2.37. The molecule has 0 aliphatic carbocycles. The average Bonchev–Trinajstić information content (AvgIpc) is 3.22. The number of hydrogen-bond acceptors (Lipinski definition) is 5. The molecule has 0 bridgehead atoms. The molecular weight excluding hydrogens is 426 g/mol. The second-order valence-electron chi connectivity index (χ2n) is 8.77. The number of benzene rings is 1. The van der Waals surface area contributed by atoms with Gasteiger partial charge < -0.3 is 9.80 Å². The van der Waals surface area contributed by atoms with Crippen LogP contribution < -0.4 is 0 Å². The zero-order valence-corrected chi connectivity index (χ0v) is 20.0. The van der Waals surface area contributed by atoms with Crippen LogP contribution in [0.2, 0.25) is 0 Å². The third-order valence-electron chi connectivity index (χ3n) is 6.25. The molecule has 2 aliphatic rings. The van der Waals surface area contributed by atoms with Gasteiger partial charge in [-0.2, -0.15) is 0 Å². The molecule has 2 saturated heterocycles. The molecule has 0 N–H and O–H groups in total. The molecule has 2 aromatic rings. The second-order valence-corrected chi connectivity index (χ2v) is 10.9. The molecule has 166 valence electrons. The fourth-order valence-corrected chi connectivity index (χ4v) is 5.99. The Balaban J connectivity index is 1.26. The molecule has 31 heavy (non-hydrogen) atoms. The lowest BCUT2D eigenvalue weighted by molar-refractivity contribution is -0.138. The number of amides is 2. The number of piperidine rings is 2. The van der Waals surface area contributed by atoms with E-state index in [1.54, 1.807) is 23.1 Å². The first kappa shape index (κ1) is 22.3. The van der Waals surface area contributed by atoms with Crippen molar-refractivity contribution in [2.75, 3.05) is 26.2 Å². The van der Waals surface area contributed by atoms with Crippen LogP contribution in [0.15, 0.2) is 34.5 Å². The smallest absolute Gasteiger partial charge is 0.253 e. The normalized spacial score (nSPS) is 20.1. The van der Waals surface area contributed by atoms with E-state index in [0.717, 1.165) is 59.3 Å². The van der Waals surface area contributed by atoms with Crippen LogP contribution in [0.5, 0.6) is 0 Å². The van der Waals surface area contributed by atoms with E-state index in [2.05, 4.69) is 22.2 Å². The predicted molar refractivity (Wildman–Crippen MR) is 126 cm³/mol. The van der Waals surface area contributed by atoms with Gasteiger partial charge >= 0.3 is 0 Å². The first-order valence-corrected chi connectivity index (χ1v) is 13.1. The van der Waals surface area contributed by atoms with Gasteiger partial charge in [0.15, 0.2) is 0 Å². The highest BCUT2D eigenvalue weighted by Gasteiger charge is 2.32. The zero-order chi connectivity index (χ0) is 21.8. The van der Waals surface area contributed by atoms with Crippen molar-refractivity contribution in [3.05, 3.63) is 45.9 Å². The maximum Gasteiger partial charge on any atom is 0.253 e. The minimum Gasteiger partial charge on any atom is -0.342 e. The molecule has 7 heteroatoms. The summed E-state index contributed by atoms with van der Waals surface area (Å²) in [5.41, 5.74) is 1.83. The molecule has 4 rings (SSSR count). The lowest BCUT2D eigenvalue weighted by Crippen LogP contribution is -2.47. The van der Waals surface area contributed by atoms with Crippen LogP contribution in [0.3, 0.4) is 0 Å². The highest BCUT2D eigenvalue weighted by Crippen LogP contribution is 2.26. The molecule has 0 radical (unpaired) electrons. The SMILES string of the molecule is Cc1nc(CSc2ccc(C(=O)N3CCC(C(=O)N4CCCC(C)C4)CC3)cc2)cs1. The molecule has 1 aromatic heterocycles. The first-order valence-electron chi connectivity index (χ1n) is 11.2. The summed E-state index contributed by atoms with van der Waals surface area (Å²) < 4.78 is 0. The zero-order valence-electron chi connectivity index (χ0n) is 18.4. The number of likely N-dealkylation sites (tertiary alicyclic amines) is 2. The van der Waals surface area contributed by atoms with E-state index in [9.17, 15) is 9.59 Å². The van der Waals surface area contributed by atoms with Gasteiger partial charge in [0.1, 0.15) is 0 Å². The molecule has 2 amide bonds. The number of aryl methyl sites for hydroxylation is 1. The van der Waals surface area contributed by atoms with Crippen molar-refractivity contribution in [2.45, 2.75) is 50.2 Å². The third kappa shape index (κ3) is 5.69. The Morgan fingerprint density at radius 1 is 1.10 bits per heavy atom. The second kappa shape index (κ2) is 10.2. The van der Waals surface area contributed by atoms with E-state index >= 15 is 0 Å². The molecular formula is C24H31N3O2S2. The number of aromatic nitrogens is 1. The fraction of sp³-hybridized carbons (Fsp3) is 0.542. The molecule has 1 aromatic carbocycles. The van der Waals surface area contributed by atoms with Crippen LogP contribution >= 0.6 is 23.1 Å². The van der Waals surface area contributed by atoms with E-state index in [1.165, 1.54) is 6.42 Å². The highest BCUT2D eigenvalue weighted by molar-refractivity contribution is 7.98. The number of carbonyl (C=O) groups is 2. The van der Waals surface area contributed by atoms with E-state index in [1.807, 2.05) is 36.1 Å². The Morgan fingerprint density at radius 2 is 1.84 bits per heavy atom. The average molecular weight is 458 g/mol.